The van der Waals surface area contributed by atoms with Crippen LogP contribution in [0.2, 0.25) is 0 Å². The highest BCUT2D eigenvalue weighted by Crippen LogP contribution is 2.33. The first-order valence-corrected chi connectivity index (χ1v) is 8.11. The van der Waals surface area contributed by atoms with Crippen LogP contribution in [0.4, 0.5) is 0 Å². The van der Waals surface area contributed by atoms with Gasteiger partial charge in [0.15, 0.2) is 0 Å². The molecule has 1 fully saturated rings. The molecule has 0 bridgehead atoms. The maximum absolute atomic E-state index is 12.7. The molecule has 0 unspecified atom stereocenters. The molecule has 4 rings (SSSR count). The van der Waals surface area contributed by atoms with Crippen molar-refractivity contribution in [2.45, 2.75) is 32.6 Å². The first kappa shape index (κ1) is 14.3. The fraction of sp³-hybridized carbons (Fsp3) is 0.444. The zero-order valence-corrected chi connectivity index (χ0v) is 13.5. The number of rotatable bonds is 2. The van der Waals surface area contributed by atoms with E-state index in [-0.39, 0.29) is 5.91 Å². The minimum atomic E-state index is 0.0354. The molecule has 5 nitrogen and oxygen atoms in total. The third-order valence-corrected chi connectivity index (χ3v) is 4.91. The average Bonchev–Trinajstić information content (AvgIpc) is 3.26. The van der Waals surface area contributed by atoms with Crippen molar-refractivity contribution in [1.29, 1.82) is 0 Å². The average molecular weight is 312 g/mol. The number of aromatic nitrogens is 1. The van der Waals surface area contributed by atoms with E-state index in [1.807, 2.05) is 11.8 Å². The van der Waals surface area contributed by atoms with Crippen LogP contribution in [0.1, 0.15) is 45.3 Å². The predicted molar refractivity (Wildman–Crippen MR) is 84.9 cm³/mol. The Morgan fingerprint density at radius 2 is 2.22 bits per heavy atom. The van der Waals surface area contributed by atoms with Gasteiger partial charge in [-0.15, -0.1) is 0 Å². The summed E-state index contributed by atoms with van der Waals surface area (Å²) < 4.78 is 10.7. The van der Waals surface area contributed by atoms with E-state index in [1.54, 1.807) is 6.92 Å². The number of carbonyl (C=O) groups is 1. The van der Waals surface area contributed by atoms with E-state index in [4.69, 9.17) is 9.26 Å². The van der Waals surface area contributed by atoms with Crippen molar-refractivity contribution in [2.75, 3.05) is 19.7 Å². The maximum atomic E-state index is 12.7. The third kappa shape index (κ3) is 2.40. The molecule has 0 aliphatic carbocycles. The molecule has 1 aromatic heterocycles. The lowest BCUT2D eigenvalue weighted by atomic mass is 9.96. The number of hydrogen-bond acceptors (Lipinski definition) is 4. The van der Waals surface area contributed by atoms with Crippen molar-refractivity contribution in [1.82, 2.24) is 10.1 Å². The third-order valence-electron chi connectivity index (χ3n) is 4.91. The van der Waals surface area contributed by atoms with Crippen LogP contribution in [0.3, 0.4) is 0 Å². The molecule has 1 saturated heterocycles. The van der Waals surface area contributed by atoms with E-state index in [0.29, 0.717) is 22.9 Å². The highest BCUT2D eigenvalue weighted by molar-refractivity contribution is 5.96. The first-order valence-electron chi connectivity index (χ1n) is 8.11. The highest BCUT2D eigenvalue weighted by Gasteiger charge is 2.31. The fourth-order valence-corrected chi connectivity index (χ4v) is 3.62. The van der Waals surface area contributed by atoms with Gasteiger partial charge in [0.05, 0.1) is 12.3 Å². The lowest BCUT2D eigenvalue weighted by Gasteiger charge is -2.17. The summed E-state index contributed by atoms with van der Waals surface area (Å²) in [5, 5.41) is 3.89. The Morgan fingerprint density at radius 3 is 3.00 bits per heavy atom. The van der Waals surface area contributed by atoms with Gasteiger partial charge in [0.1, 0.15) is 17.1 Å². The molecule has 0 spiro atoms. The molecule has 2 aliphatic rings. The second-order valence-corrected chi connectivity index (χ2v) is 6.40. The van der Waals surface area contributed by atoms with E-state index >= 15 is 0 Å². The van der Waals surface area contributed by atoms with Crippen LogP contribution < -0.4 is 4.74 Å². The zero-order valence-electron chi connectivity index (χ0n) is 13.5. The molecule has 3 heterocycles. The van der Waals surface area contributed by atoms with Gasteiger partial charge in [0, 0.05) is 25.4 Å². The SMILES string of the molecule is Cc1noc(C)c1C(=O)N1CC[C@H](c2ccc3c(c2)CCO3)C1. The molecule has 2 aliphatic heterocycles. The summed E-state index contributed by atoms with van der Waals surface area (Å²) in [4.78, 5) is 14.6. The smallest absolute Gasteiger partial charge is 0.259 e. The normalized spacial score (nSPS) is 19.7. The fourth-order valence-electron chi connectivity index (χ4n) is 3.62. The molecule has 0 radical (unpaired) electrons. The topological polar surface area (TPSA) is 55.6 Å². The molecule has 1 atom stereocenters. The van der Waals surface area contributed by atoms with Crippen molar-refractivity contribution in [3.05, 3.63) is 46.3 Å². The second-order valence-electron chi connectivity index (χ2n) is 6.40. The van der Waals surface area contributed by atoms with Crippen LogP contribution in [0.5, 0.6) is 5.75 Å². The van der Waals surface area contributed by atoms with E-state index in [2.05, 4.69) is 23.4 Å². The minimum absolute atomic E-state index is 0.0354. The van der Waals surface area contributed by atoms with Crippen molar-refractivity contribution in [3.8, 4) is 5.75 Å². The van der Waals surface area contributed by atoms with Gasteiger partial charge in [0.2, 0.25) is 0 Å². The van der Waals surface area contributed by atoms with Gasteiger partial charge < -0.3 is 14.2 Å². The van der Waals surface area contributed by atoms with Crippen LogP contribution >= 0.6 is 0 Å². The van der Waals surface area contributed by atoms with Crippen LogP contribution in [-0.2, 0) is 6.42 Å². The van der Waals surface area contributed by atoms with Crippen molar-refractivity contribution in [2.24, 2.45) is 0 Å². The number of aryl methyl sites for hydroxylation is 2. The Labute approximate surface area is 135 Å². The molecule has 0 saturated carbocycles. The molecule has 1 aromatic carbocycles. The summed E-state index contributed by atoms with van der Waals surface area (Å²) >= 11 is 0. The molecule has 0 N–H and O–H groups in total. The summed E-state index contributed by atoms with van der Waals surface area (Å²) in [7, 11) is 0. The summed E-state index contributed by atoms with van der Waals surface area (Å²) in [6.07, 6.45) is 1.98. The Morgan fingerprint density at radius 1 is 1.35 bits per heavy atom. The van der Waals surface area contributed by atoms with E-state index < -0.39 is 0 Å². The molecule has 5 heteroatoms. The Balaban J connectivity index is 1.52. The molecule has 120 valence electrons. The number of amides is 1. The van der Waals surface area contributed by atoms with Gasteiger partial charge in [-0.05, 0) is 37.5 Å². The lowest BCUT2D eigenvalue weighted by molar-refractivity contribution is 0.0788. The lowest BCUT2D eigenvalue weighted by Crippen LogP contribution is -2.29. The van der Waals surface area contributed by atoms with Crippen molar-refractivity contribution >= 4 is 5.91 Å². The van der Waals surface area contributed by atoms with Crippen LogP contribution in [0.15, 0.2) is 22.7 Å². The van der Waals surface area contributed by atoms with Gasteiger partial charge in [-0.1, -0.05) is 17.3 Å². The summed E-state index contributed by atoms with van der Waals surface area (Å²) in [6, 6.07) is 6.45. The number of hydrogen-bond donors (Lipinski definition) is 0. The van der Waals surface area contributed by atoms with Gasteiger partial charge in [-0.25, -0.2) is 0 Å². The highest BCUT2D eigenvalue weighted by atomic mass is 16.5. The number of benzene rings is 1. The second kappa shape index (κ2) is 5.41. The first-order chi connectivity index (χ1) is 11.1. The quantitative estimate of drug-likeness (QED) is 0.855. The Bertz CT molecular complexity index is 746. The van der Waals surface area contributed by atoms with Gasteiger partial charge >= 0.3 is 0 Å². The molecular weight excluding hydrogens is 292 g/mol. The largest absolute Gasteiger partial charge is 0.493 e. The van der Waals surface area contributed by atoms with Gasteiger partial charge in [-0.3, -0.25) is 4.79 Å². The predicted octanol–water partition coefficient (Wildman–Crippen LogP) is 2.86. The van der Waals surface area contributed by atoms with Crippen LogP contribution in [0.25, 0.3) is 0 Å². The number of likely N-dealkylation sites (tertiary alicyclic amines) is 1. The standard InChI is InChI=1S/C18H20N2O3/c1-11-17(12(2)23-19-11)18(21)20-7-5-15(10-20)13-3-4-16-14(9-13)6-8-22-16/h3-4,9,15H,5-8,10H2,1-2H3/t15-/m0/s1. The number of nitrogens with zero attached hydrogens (tertiary/aromatic N) is 2. The van der Waals surface area contributed by atoms with Gasteiger partial charge in [0.25, 0.3) is 5.91 Å². The molecular formula is C18H20N2O3. The molecule has 23 heavy (non-hydrogen) atoms. The van der Waals surface area contributed by atoms with Crippen LogP contribution in [0, 0.1) is 13.8 Å². The molecule has 2 aromatic rings. The Hall–Kier alpha value is -2.30. The summed E-state index contributed by atoms with van der Waals surface area (Å²) in [5.74, 6) is 2.04. The van der Waals surface area contributed by atoms with E-state index in [0.717, 1.165) is 38.3 Å². The van der Waals surface area contributed by atoms with Crippen LogP contribution in [-0.4, -0.2) is 35.7 Å². The summed E-state index contributed by atoms with van der Waals surface area (Å²) in [6.45, 7) is 5.92. The minimum Gasteiger partial charge on any atom is -0.493 e. The van der Waals surface area contributed by atoms with Gasteiger partial charge in [-0.2, -0.15) is 0 Å². The number of carbonyl (C=O) groups excluding carboxylic acids is 1. The molecule has 1 amide bonds. The maximum Gasteiger partial charge on any atom is 0.259 e. The summed E-state index contributed by atoms with van der Waals surface area (Å²) in [5.41, 5.74) is 3.89. The number of ether oxygens (including phenoxy) is 1. The van der Waals surface area contributed by atoms with Crippen molar-refractivity contribution < 1.29 is 14.1 Å². The van der Waals surface area contributed by atoms with E-state index in [1.165, 1.54) is 11.1 Å². The monoisotopic (exact) mass is 312 g/mol. The Kier molecular flexibility index (Phi) is 3.36. The number of fused-ring (bicyclic) bond motifs is 1. The van der Waals surface area contributed by atoms with E-state index in [9.17, 15) is 4.79 Å². The zero-order chi connectivity index (χ0) is 16.0. The van der Waals surface area contributed by atoms with Crippen molar-refractivity contribution in [3.63, 3.8) is 0 Å².